The van der Waals surface area contributed by atoms with Gasteiger partial charge in [0.1, 0.15) is 0 Å². The fourth-order valence-corrected chi connectivity index (χ4v) is 3.90. The second-order valence-corrected chi connectivity index (χ2v) is 7.20. The fourth-order valence-electron chi connectivity index (χ4n) is 2.46. The predicted octanol–water partition coefficient (Wildman–Crippen LogP) is 2.13. The van der Waals surface area contributed by atoms with Crippen LogP contribution in [0.5, 0.6) is 0 Å². The number of rotatable bonds is 5. The SMILES string of the molecule is CC(=O)Nc1cnc(=O)n(S(=O)(=O)N(c2ccccc2)c2ccccc2)c1. The molecular formula is C18H16N4O4S. The lowest BCUT2D eigenvalue weighted by Crippen LogP contribution is -2.39. The Hall–Kier alpha value is -3.46. The molecule has 0 aliphatic heterocycles. The van der Waals surface area contributed by atoms with Crippen LogP contribution in [0.1, 0.15) is 6.92 Å². The molecule has 0 spiro atoms. The third-order valence-corrected chi connectivity index (χ3v) is 5.18. The van der Waals surface area contributed by atoms with E-state index in [0.717, 1.165) is 16.7 Å². The second-order valence-electron chi connectivity index (χ2n) is 5.55. The van der Waals surface area contributed by atoms with Crippen LogP contribution in [0.4, 0.5) is 17.1 Å². The lowest BCUT2D eigenvalue weighted by molar-refractivity contribution is -0.114. The van der Waals surface area contributed by atoms with Gasteiger partial charge in [0, 0.05) is 6.92 Å². The van der Waals surface area contributed by atoms with Crippen LogP contribution in [0.3, 0.4) is 0 Å². The number of hydrogen-bond donors (Lipinski definition) is 1. The predicted molar refractivity (Wildman–Crippen MR) is 102 cm³/mol. The Morgan fingerprint density at radius 3 is 2.00 bits per heavy atom. The molecule has 8 nitrogen and oxygen atoms in total. The molecule has 0 fully saturated rings. The van der Waals surface area contributed by atoms with Crippen LogP contribution in [0.25, 0.3) is 0 Å². The van der Waals surface area contributed by atoms with E-state index in [9.17, 15) is 18.0 Å². The van der Waals surface area contributed by atoms with Crippen molar-refractivity contribution in [1.82, 2.24) is 8.96 Å². The molecule has 3 rings (SSSR count). The van der Waals surface area contributed by atoms with Gasteiger partial charge in [0.25, 0.3) is 0 Å². The van der Waals surface area contributed by atoms with Gasteiger partial charge in [0.05, 0.1) is 29.5 Å². The van der Waals surface area contributed by atoms with E-state index in [1.807, 2.05) is 0 Å². The average Bonchev–Trinajstić information content (AvgIpc) is 2.64. The van der Waals surface area contributed by atoms with E-state index in [1.165, 1.54) is 6.92 Å². The summed E-state index contributed by atoms with van der Waals surface area (Å²) in [6.45, 7) is 1.27. The minimum absolute atomic E-state index is 0.0896. The highest BCUT2D eigenvalue weighted by molar-refractivity contribution is 7.91. The summed E-state index contributed by atoms with van der Waals surface area (Å²) >= 11 is 0. The standard InChI is InChI=1S/C18H16N4O4S/c1-14(23)20-15-12-19-18(24)21(13-15)27(25,26)22(16-8-4-2-5-9-16)17-10-6-3-7-11-17/h2-13H,1H3,(H,20,23). The maximum Gasteiger partial charge on any atom is 0.362 e. The molecule has 2 aromatic carbocycles. The van der Waals surface area contributed by atoms with Crippen LogP contribution in [0.2, 0.25) is 0 Å². The van der Waals surface area contributed by atoms with Crippen molar-refractivity contribution in [3.05, 3.63) is 83.5 Å². The lowest BCUT2D eigenvalue weighted by Gasteiger charge is -2.25. The van der Waals surface area contributed by atoms with E-state index in [-0.39, 0.29) is 5.69 Å². The molecule has 0 aliphatic rings. The fraction of sp³-hybridized carbons (Fsp3) is 0.0556. The molecule has 3 aromatic rings. The first kappa shape index (κ1) is 18.3. The molecular weight excluding hydrogens is 368 g/mol. The molecule has 1 aromatic heterocycles. The summed E-state index contributed by atoms with van der Waals surface area (Å²) in [5.41, 5.74) is -0.200. The lowest BCUT2D eigenvalue weighted by atomic mass is 10.3. The Bertz CT molecular complexity index is 1070. The molecule has 0 aliphatic carbocycles. The van der Waals surface area contributed by atoms with Crippen molar-refractivity contribution in [2.24, 2.45) is 0 Å². The Morgan fingerprint density at radius 1 is 1.00 bits per heavy atom. The summed E-state index contributed by atoms with van der Waals surface area (Å²) in [6, 6.07) is 16.7. The maximum absolute atomic E-state index is 13.3. The Labute approximate surface area is 155 Å². The Kier molecular flexibility index (Phi) is 5.04. The van der Waals surface area contributed by atoms with E-state index in [0.29, 0.717) is 15.3 Å². The van der Waals surface area contributed by atoms with Gasteiger partial charge in [0.15, 0.2) is 0 Å². The van der Waals surface area contributed by atoms with Crippen LogP contribution in [-0.4, -0.2) is 23.3 Å². The first-order valence-electron chi connectivity index (χ1n) is 7.92. The third kappa shape index (κ3) is 3.87. The summed E-state index contributed by atoms with van der Waals surface area (Å²) in [6.07, 6.45) is 2.13. The van der Waals surface area contributed by atoms with Gasteiger partial charge in [-0.2, -0.15) is 17.4 Å². The topological polar surface area (TPSA) is 101 Å². The van der Waals surface area contributed by atoms with Gasteiger partial charge in [-0.05, 0) is 24.3 Å². The maximum atomic E-state index is 13.3. The molecule has 27 heavy (non-hydrogen) atoms. The van der Waals surface area contributed by atoms with Crippen LogP contribution in [0, 0.1) is 0 Å². The van der Waals surface area contributed by atoms with Gasteiger partial charge in [-0.15, -0.1) is 0 Å². The zero-order valence-corrected chi connectivity index (χ0v) is 15.1. The van der Waals surface area contributed by atoms with Gasteiger partial charge >= 0.3 is 15.9 Å². The molecule has 0 saturated carbocycles. The van der Waals surface area contributed by atoms with E-state index in [4.69, 9.17) is 0 Å². The molecule has 9 heteroatoms. The van der Waals surface area contributed by atoms with Crippen molar-refractivity contribution < 1.29 is 13.2 Å². The van der Waals surface area contributed by atoms with Crippen molar-refractivity contribution in [3.8, 4) is 0 Å². The molecule has 0 bridgehead atoms. The summed E-state index contributed by atoms with van der Waals surface area (Å²) < 4.78 is 28.2. The summed E-state index contributed by atoms with van der Waals surface area (Å²) in [4.78, 5) is 27.0. The largest absolute Gasteiger partial charge is 0.362 e. The summed E-state index contributed by atoms with van der Waals surface area (Å²) in [5, 5.41) is 2.42. The zero-order chi connectivity index (χ0) is 19.4. The first-order valence-corrected chi connectivity index (χ1v) is 9.31. The first-order chi connectivity index (χ1) is 12.9. The van der Waals surface area contributed by atoms with Crippen LogP contribution < -0.4 is 15.3 Å². The van der Waals surface area contributed by atoms with Gasteiger partial charge in [-0.1, -0.05) is 36.4 Å². The molecule has 0 saturated heterocycles. The van der Waals surface area contributed by atoms with Crippen molar-refractivity contribution in [3.63, 3.8) is 0 Å². The summed E-state index contributed by atoms with van der Waals surface area (Å²) in [5.74, 6) is -0.414. The van der Waals surface area contributed by atoms with Gasteiger partial charge in [0.2, 0.25) is 5.91 Å². The number of carbonyl (C=O) groups is 1. The van der Waals surface area contributed by atoms with Crippen molar-refractivity contribution >= 4 is 33.2 Å². The molecule has 0 unspecified atom stereocenters. The van der Waals surface area contributed by atoms with E-state index in [2.05, 4.69) is 10.3 Å². The van der Waals surface area contributed by atoms with Gasteiger partial charge < -0.3 is 5.32 Å². The third-order valence-electron chi connectivity index (χ3n) is 3.54. The zero-order valence-electron chi connectivity index (χ0n) is 14.3. The highest BCUT2D eigenvalue weighted by atomic mass is 32.2. The average molecular weight is 384 g/mol. The van der Waals surface area contributed by atoms with Gasteiger partial charge in [-0.3, -0.25) is 4.79 Å². The van der Waals surface area contributed by atoms with Crippen molar-refractivity contribution in [2.45, 2.75) is 6.92 Å². The number of aromatic nitrogens is 2. The van der Waals surface area contributed by atoms with Crippen LogP contribution in [0.15, 0.2) is 77.9 Å². The number of hydrogen-bond acceptors (Lipinski definition) is 5. The van der Waals surface area contributed by atoms with E-state index >= 15 is 0 Å². The molecule has 0 radical (unpaired) electrons. The molecule has 1 heterocycles. The monoisotopic (exact) mass is 384 g/mol. The quantitative estimate of drug-likeness (QED) is 0.726. The number of benzene rings is 2. The van der Waals surface area contributed by atoms with E-state index < -0.39 is 21.8 Å². The second kappa shape index (κ2) is 7.42. The Morgan fingerprint density at radius 2 is 1.52 bits per heavy atom. The minimum atomic E-state index is -4.37. The van der Waals surface area contributed by atoms with Crippen molar-refractivity contribution in [2.75, 3.05) is 9.62 Å². The number of anilines is 3. The molecule has 138 valence electrons. The smallest absolute Gasteiger partial charge is 0.324 e. The Balaban J connectivity index is 2.20. The number of amides is 1. The van der Waals surface area contributed by atoms with E-state index in [1.54, 1.807) is 60.7 Å². The molecule has 0 atom stereocenters. The molecule has 1 amide bonds. The van der Waals surface area contributed by atoms with Crippen LogP contribution in [-0.2, 0) is 15.0 Å². The summed E-state index contributed by atoms with van der Waals surface area (Å²) in [7, 11) is -4.37. The van der Waals surface area contributed by atoms with Crippen molar-refractivity contribution in [1.29, 1.82) is 0 Å². The minimum Gasteiger partial charge on any atom is -0.324 e. The number of nitrogens with zero attached hydrogens (tertiary/aromatic N) is 3. The number of carbonyl (C=O) groups excluding carboxylic acids is 1. The van der Waals surface area contributed by atoms with Gasteiger partial charge in [-0.25, -0.2) is 9.10 Å². The normalized spacial score (nSPS) is 11.0. The van der Waals surface area contributed by atoms with Crippen LogP contribution >= 0.6 is 0 Å². The highest BCUT2D eigenvalue weighted by Crippen LogP contribution is 2.29. The number of nitrogens with one attached hydrogen (secondary N) is 1. The highest BCUT2D eigenvalue weighted by Gasteiger charge is 2.28. The number of para-hydroxylation sites is 2. The molecule has 1 N–H and O–H groups in total.